The summed E-state index contributed by atoms with van der Waals surface area (Å²) in [4.78, 5) is 38.6. The lowest BCUT2D eigenvalue weighted by molar-refractivity contribution is -0.129. The number of hydrogen-bond donors (Lipinski definition) is 2. The van der Waals surface area contributed by atoms with E-state index >= 15 is 0 Å². The Balaban J connectivity index is 1.52. The molecule has 2 N–H and O–H groups in total. The average molecular weight is 460 g/mol. The molecule has 8 heteroatoms. The minimum Gasteiger partial charge on any atom is -0.493 e. The van der Waals surface area contributed by atoms with Gasteiger partial charge < -0.3 is 9.64 Å². The average Bonchev–Trinajstić information content (AvgIpc) is 3.08. The third-order valence-corrected chi connectivity index (χ3v) is 5.21. The molecular weight excluding hydrogens is 438 g/mol. The van der Waals surface area contributed by atoms with Crippen LogP contribution >= 0.6 is 15.9 Å². The first-order valence-electron chi connectivity index (χ1n) is 9.32. The molecule has 1 atom stereocenters. The second kappa shape index (κ2) is 9.56. The van der Waals surface area contributed by atoms with Crippen LogP contribution in [0.1, 0.15) is 29.3 Å². The van der Waals surface area contributed by atoms with Crippen molar-refractivity contribution < 1.29 is 19.1 Å². The number of ether oxygens (including phenoxy) is 1. The molecule has 0 radical (unpaired) electrons. The van der Waals surface area contributed by atoms with Gasteiger partial charge in [0, 0.05) is 25.1 Å². The first-order valence-corrected chi connectivity index (χ1v) is 10.1. The SMILES string of the molecule is CCOc1ccc(C(=O)NNC(=O)C2CC(=O)N(Cc3ccccc3)C2)cc1Br. The molecule has 1 saturated heterocycles. The van der Waals surface area contributed by atoms with E-state index in [1.165, 1.54) is 0 Å². The first-order chi connectivity index (χ1) is 14.0. The Morgan fingerprint density at radius 3 is 2.62 bits per heavy atom. The topological polar surface area (TPSA) is 87.7 Å². The summed E-state index contributed by atoms with van der Waals surface area (Å²) in [6, 6.07) is 14.5. The molecule has 0 saturated carbocycles. The number of carbonyl (C=O) groups excluding carboxylic acids is 3. The number of amides is 3. The number of rotatable bonds is 6. The summed E-state index contributed by atoms with van der Waals surface area (Å²) in [5.41, 5.74) is 6.21. The number of hydrogen-bond acceptors (Lipinski definition) is 4. The fraction of sp³-hybridized carbons (Fsp3) is 0.286. The molecule has 29 heavy (non-hydrogen) atoms. The van der Waals surface area contributed by atoms with E-state index in [1.807, 2.05) is 37.3 Å². The Morgan fingerprint density at radius 2 is 1.93 bits per heavy atom. The first kappa shape index (κ1) is 20.9. The molecule has 3 rings (SSSR count). The highest BCUT2D eigenvalue weighted by molar-refractivity contribution is 9.10. The van der Waals surface area contributed by atoms with Crippen molar-refractivity contribution in [3.63, 3.8) is 0 Å². The largest absolute Gasteiger partial charge is 0.493 e. The van der Waals surface area contributed by atoms with Gasteiger partial charge in [0.1, 0.15) is 5.75 Å². The molecule has 0 bridgehead atoms. The summed E-state index contributed by atoms with van der Waals surface area (Å²) >= 11 is 3.36. The van der Waals surface area contributed by atoms with E-state index in [4.69, 9.17) is 4.74 Å². The maximum atomic E-state index is 12.4. The van der Waals surface area contributed by atoms with Gasteiger partial charge in [0.2, 0.25) is 11.8 Å². The number of likely N-dealkylation sites (tertiary alicyclic amines) is 1. The fourth-order valence-electron chi connectivity index (χ4n) is 3.11. The third kappa shape index (κ3) is 5.35. The van der Waals surface area contributed by atoms with Gasteiger partial charge in [-0.1, -0.05) is 30.3 Å². The molecule has 1 fully saturated rings. The number of nitrogens with one attached hydrogen (secondary N) is 2. The van der Waals surface area contributed by atoms with Crippen LogP contribution in [0.4, 0.5) is 0 Å². The minimum absolute atomic E-state index is 0.0734. The number of hydrazine groups is 1. The Kier molecular flexibility index (Phi) is 6.87. The lowest BCUT2D eigenvalue weighted by Crippen LogP contribution is -2.45. The standard InChI is InChI=1S/C21H22BrN3O4/c1-2-29-18-9-8-15(10-17(18)22)20(27)23-24-21(28)16-11-19(26)25(13-16)12-14-6-4-3-5-7-14/h3-10,16H,2,11-13H2,1H3,(H,23,27)(H,24,28). The van der Waals surface area contributed by atoms with Gasteiger partial charge in [0.05, 0.1) is 17.0 Å². The second-order valence-corrected chi connectivity index (χ2v) is 7.54. The summed E-state index contributed by atoms with van der Waals surface area (Å²) in [5.74, 6) is -0.773. The maximum absolute atomic E-state index is 12.4. The van der Waals surface area contributed by atoms with E-state index in [9.17, 15) is 14.4 Å². The molecule has 1 unspecified atom stereocenters. The number of carbonyl (C=O) groups is 3. The Bertz CT molecular complexity index is 904. The molecule has 2 aromatic carbocycles. The highest BCUT2D eigenvalue weighted by atomic mass is 79.9. The van der Waals surface area contributed by atoms with Crippen molar-refractivity contribution in [1.29, 1.82) is 0 Å². The van der Waals surface area contributed by atoms with Gasteiger partial charge in [-0.15, -0.1) is 0 Å². The zero-order valence-corrected chi connectivity index (χ0v) is 17.6. The second-order valence-electron chi connectivity index (χ2n) is 6.68. The Hall–Kier alpha value is -2.87. The van der Waals surface area contributed by atoms with Crippen molar-refractivity contribution in [2.75, 3.05) is 13.2 Å². The van der Waals surface area contributed by atoms with Crippen molar-refractivity contribution in [2.45, 2.75) is 19.9 Å². The van der Waals surface area contributed by atoms with Crippen molar-refractivity contribution >= 4 is 33.7 Å². The van der Waals surface area contributed by atoms with E-state index < -0.39 is 11.8 Å². The summed E-state index contributed by atoms with van der Waals surface area (Å²) in [7, 11) is 0. The van der Waals surface area contributed by atoms with Crippen molar-refractivity contribution in [3.8, 4) is 5.75 Å². The molecular formula is C21H22BrN3O4. The van der Waals surface area contributed by atoms with Crippen LogP contribution in [0.2, 0.25) is 0 Å². The molecule has 0 spiro atoms. The summed E-state index contributed by atoms with van der Waals surface area (Å²) < 4.78 is 6.06. The summed E-state index contributed by atoms with van der Waals surface area (Å²) in [6.07, 6.45) is 0.128. The predicted octanol–water partition coefficient (Wildman–Crippen LogP) is 2.66. The fourth-order valence-corrected chi connectivity index (χ4v) is 3.60. The van der Waals surface area contributed by atoms with Crippen LogP contribution in [0.15, 0.2) is 53.0 Å². The van der Waals surface area contributed by atoms with Crippen molar-refractivity contribution in [1.82, 2.24) is 15.8 Å². The van der Waals surface area contributed by atoms with Gasteiger partial charge in [-0.3, -0.25) is 25.2 Å². The molecule has 1 aliphatic heterocycles. The number of halogens is 1. The lowest BCUT2D eigenvalue weighted by Gasteiger charge is -2.17. The van der Waals surface area contributed by atoms with E-state index in [0.29, 0.717) is 35.5 Å². The van der Waals surface area contributed by atoms with Crippen LogP contribution in [0, 0.1) is 5.92 Å². The zero-order valence-electron chi connectivity index (χ0n) is 16.0. The van der Waals surface area contributed by atoms with E-state index in [1.54, 1.807) is 23.1 Å². The van der Waals surface area contributed by atoms with Crippen LogP contribution in [-0.4, -0.2) is 35.8 Å². The highest BCUT2D eigenvalue weighted by Crippen LogP contribution is 2.26. The minimum atomic E-state index is -0.501. The monoisotopic (exact) mass is 459 g/mol. The lowest BCUT2D eigenvalue weighted by atomic mass is 10.1. The van der Waals surface area contributed by atoms with Crippen molar-refractivity contribution in [3.05, 3.63) is 64.1 Å². The highest BCUT2D eigenvalue weighted by Gasteiger charge is 2.34. The Labute approximate surface area is 177 Å². The van der Waals surface area contributed by atoms with E-state index in [-0.39, 0.29) is 18.2 Å². The quantitative estimate of drug-likeness (QED) is 0.649. The molecule has 2 aromatic rings. The maximum Gasteiger partial charge on any atom is 0.269 e. The van der Waals surface area contributed by atoms with Crippen LogP contribution < -0.4 is 15.6 Å². The number of benzene rings is 2. The van der Waals surface area contributed by atoms with Gasteiger partial charge in [0.25, 0.3) is 5.91 Å². The molecule has 0 aliphatic carbocycles. The summed E-state index contributed by atoms with van der Waals surface area (Å²) in [6.45, 7) is 3.18. The Morgan fingerprint density at radius 1 is 1.17 bits per heavy atom. The summed E-state index contributed by atoms with van der Waals surface area (Å²) in [5, 5.41) is 0. The third-order valence-electron chi connectivity index (χ3n) is 4.59. The molecule has 3 amide bonds. The van der Waals surface area contributed by atoms with E-state index in [0.717, 1.165) is 5.56 Å². The van der Waals surface area contributed by atoms with Gasteiger partial charge in [-0.05, 0) is 46.6 Å². The van der Waals surface area contributed by atoms with Crippen LogP contribution in [0.5, 0.6) is 5.75 Å². The molecule has 7 nitrogen and oxygen atoms in total. The predicted molar refractivity (Wildman–Crippen MR) is 111 cm³/mol. The van der Waals surface area contributed by atoms with Crippen LogP contribution in [-0.2, 0) is 16.1 Å². The van der Waals surface area contributed by atoms with Crippen LogP contribution in [0.3, 0.4) is 0 Å². The number of nitrogens with zero attached hydrogens (tertiary/aromatic N) is 1. The van der Waals surface area contributed by atoms with Gasteiger partial charge in [0.15, 0.2) is 0 Å². The van der Waals surface area contributed by atoms with Gasteiger partial charge in [-0.2, -0.15) is 0 Å². The van der Waals surface area contributed by atoms with Gasteiger partial charge >= 0.3 is 0 Å². The molecule has 1 heterocycles. The molecule has 152 valence electrons. The molecule has 1 aliphatic rings. The smallest absolute Gasteiger partial charge is 0.269 e. The van der Waals surface area contributed by atoms with Crippen LogP contribution in [0.25, 0.3) is 0 Å². The van der Waals surface area contributed by atoms with Crippen molar-refractivity contribution in [2.24, 2.45) is 5.92 Å². The normalized spacial score (nSPS) is 15.9. The molecule has 0 aromatic heterocycles. The van der Waals surface area contributed by atoms with E-state index in [2.05, 4.69) is 26.8 Å². The zero-order chi connectivity index (χ0) is 20.8. The van der Waals surface area contributed by atoms with Gasteiger partial charge in [-0.25, -0.2) is 0 Å².